The summed E-state index contributed by atoms with van der Waals surface area (Å²) in [5, 5.41) is 13.8. The van der Waals surface area contributed by atoms with Gasteiger partial charge >= 0.3 is 5.97 Å². The Balaban J connectivity index is 2.49. The zero-order valence-corrected chi connectivity index (χ0v) is 8.80. The fraction of sp³-hybridized carbons (Fsp3) is 0.300. The van der Waals surface area contributed by atoms with Crippen LogP contribution in [0.1, 0.15) is 11.8 Å². The second-order valence-electron chi connectivity index (χ2n) is 3.08. The molecule has 0 aliphatic rings. The van der Waals surface area contributed by atoms with Gasteiger partial charge < -0.3 is 5.11 Å². The molecule has 0 aliphatic carbocycles. The Labute approximate surface area is 87.1 Å². The van der Waals surface area contributed by atoms with Crippen LogP contribution in [0.15, 0.2) is 29.7 Å². The molecule has 0 fully saturated rings. The summed E-state index contributed by atoms with van der Waals surface area (Å²) in [5.74, 6) is -0.881. The third-order valence-corrected chi connectivity index (χ3v) is 2.68. The summed E-state index contributed by atoms with van der Waals surface area (Å²) in [6, 6.07) is 3.25. The minimum Gasteiger partial charge on any atom is -0.480 e. The average Bonchev–Trinajstić information content (AvgIpc) is 2.55. The molecule has 0 radical (unpaired) electrons. The topological polar surface area (TPSA) is 49.3 Å². The summed E-state index contributed by atoms with van der Waals surface area (Å²) in [6.45, 7) is 5.92. The number of hydrogen-bond acceptors (Lipinski definition) is 3. The van der Waals surface area contributed by atoms with Gasteiger partial charge in [0.2, 0.25) is 0 Å². The van der Waals surface area contributed by atoms with Gasteiger partial charge in [-0.15, -0.1) is 11.3 Å². The first kappa shape index (κ1) is 10.9. The Morgan fingerprint density at radius 2 is 2.50 bits per heavy atom. The van der Waals surface area contributed by atoms with Gasteiger partial charge in [0.15, 0.2) is 0 Å². The van der Waals surface area contributed by atoms with Gasteiger partial charge in [0, 0.05) is 11.4 Å². The summed E-state index contributed by atoms with van der Waals surface area (Å²) in [7, 11) is 0. The van der Waals surface area contributed by atoms with Crippen LogP contribution in [0.4, 0.5) is 0 Å². The van der Waals surface area contributed by atoms with Crippen LogP contribution in [0.2, 0.25) is 0 Å². The molecule has 1 rings (SSSR count). The standard InChI is InChI=1S/C10H13NO2S/c1-7(2)9(10(12)13)11-6-8-4-3-5-14-8/h3-5,9,11H,1,6H2,2H3,(H,12,13). The number of aliphatic carboxylic acids is 1. The molecular formula is C10H13NO2S. The third kappa shape index (κ3) is 2.97. The molecule has 4 heteroatoms. The van der Waals surface area contributed by atoms with E-state index in [1.54, 1.807) is 18.3 Å². The third-order valence-electron chi connectivity index (χ3n) is 1.80. The van der Waals surface area contributed by atoms with Crippen LogP contribution in [-0.2, 0) is 11.3 Å². The highest BCUT2D eigenvalue weighted by Crippen LogP contribution is 2.09. The van der Waals surface area contributed by atoms with Crippen LogP contribution in [0.5, 0.6) is 0 Å². The highest BCUT2D eigenvalue weighted by molar-refractivity contribution is 7.09. The minimum absolute atomic E-state index is 0.571. The van der Waals surface area contributed by atoms with E-state index < -0.39 is 12.0 Å². The Morgan fingerprint density at radius 3 is 2.93 bits per heavy atom. The second kappa shape index (κ2) is 4.93. The Kier molecular flexibility index (Phi) is 3.85. The van der Waals surface area contributed by atoms with Crippen LogP contribution in [0, 0.1) is 0 Å². The molecule has 1 aromatic rings. The number of thiophene rings is 1. The van der Waals surface area contributed by atoms with Crippen LogP contribution in [0.25, 0.3) is 0 Å². The van der Waals surface area contributed by atoms with Crippen molar-refractivity contribution < 1.29 is 9.90 Å². The van der Waals surface area contributed by atoms with Gasteiger partial charge in [-0.2, -0.15) is 0 Å². The van der Waals surface area contributed by atoms with E-state index in [0.29, 0.717) is 12.1 Å². The monoisotopic (exact) mass is 211 g/mol. The molecule has 3 nitrogen and oxygen atoms in total. The van der Waals surface area contributed by atoms with E-state index in [0.717, 1.165) is 4.88 Å². The summed E-state index contributed by atoms with van der Waals surface area (Å²) in [4.78, 5) is 11.9. The highest BCUT2D eigenvalue weighted by atomic mass is 32.1. The largest absolute Gasteiger partial charge is 0.480 e. The molecule has 2 N–H and O–H groups in total. The summed E-state index contributed by atoms with van der Waals surface area (Å²) < 4.78 is 0. The fourth-order valence-corrected chi connectivity index (χ4v) is 1.74. The Morgan fingerprint density at radius 1 is 1.79 bits per heavy atom. The molecule has 76 valence electrons. The second-order valence-corrected chi connectivity index (χ2v) is 4.11. The predicted molar refractivity (Wildman–Crippen MR) is 57.4 cm³/mol. The molecule has 1 aromatic heterocycles. The van der Waals surface area contributed by atoms with E-state index >= 15 is 0 Å². The summed E-state index contributed by atoms with van der Waals surface area (Å²) >= 11 is 1.60. The number of hydrogen-bond donors (Lipinski definition) is 2. The Hall–Kier alpha value is -1.13. The van der Waals surface area contributed by atoms with Crippen LogP contribution < -0.4 is 5.32 Å². The zero-order chi connectivity index (χ0) is 10.6. The number of rotatable bonds is 5. The molecule has 0 amide bonds. The lowest BCUT2D eigenvalue weighted by Crippen LogP contribution is -2.36. The van der Waals surface area contributed by atoms with Gasteiger partial charge in [0.1, 0.15) is 6.04 Å². The van der Waals surface area contributed by atoms with E-state index in [1.165, 1.54) is 0 Å². The first-order chi connectivity index (χ1) is 6.61. The van der Waals surface area contributed by atoms with Gasteiger partial charge in [-0.3, -0.25) is 10.1 Å². The van der Waals surface area contributed by atoms with Crippen molar-refractivity contribution in [1.82, 2.24) is 5.32 Å². The van der Waals surface area contributed by atoms with Crippen LogP contribution in [0.3, 0.4) is 0 Å². The molecule has 14 heavy (non-hydrogen) atoms. The van der Waals surface area contributed by atoms with Crippen molar-refractivity contribution in [2.24, 2.45) is 0 Å². The highest BCUT2D eigenvalue weighted by Gasteiger charge is 2.16. The van der Waals surface area contributed by atoms with Crippen molar-refractivity contribution in [2.75, 3.05) is 0 Å². The molecule has 0 bridgehead atoms. The molecule has 1 heterocycles. The number of carboxylic acid groups (broad SMARTS) is 1. The average molecular weight is 211 g/mol. The van der Waals surface area contributed by atoms with Crippen molar-refractivity contribution in [3.8, 4) is 0 Å². The lowest BCUT2D eigenvalue weighted by atomic mass is 10.1. The first-order valence-electron chi connectivity index (χ1n) is 4.25. The predicted octanol–water partition coefficient (Wildman–Crippen LogP) is 1.87. The maximum Gasteiger partial charge on any atom is 0.324 e. The van der Waals surface area contributed by atoms with E-state index in [9.17, 15) is 4.79 Å². The van der Waals surface area contributed by atoms with E-state index in [2.05, 4.69) is 11.9 Å². The van der Waals surface area contributed by atoms with Gasteiger partial charge in [-0.25, -0.2) is 0 Å². The molecule has 1 unspecified atom stereocenters. The quantitative estimate of drug-likeness (QED) is 0.731. The van der Waals surface area contributed by atoms with Crippen molar-refractivity contribution in [3.05, 3.63) is 34.5 Å². The van der Waals surface area contributed by atoms with Crippen molar-refractivity contribution in [2.45, 2.75) is 19.5 Å². The van der Waals surface area contributed by atoms with Gasteiger partial charge in [-0.05, 0) is 18.4 Å². The van der Waals surface area contributed by atoms with Crippen molar-refractivity contribution in [3.63, 3.8) is 0 Å². The number of carboxylic acids is 1. The maximum atomic E-state index is 10.8. The number of carbonyl (C=O) groups is 1. The molecule has 0 spiro atoms. The van der Waals surface area contributed by atoms with E-state index in [1.807, 2.05) is 17.5 Å². The summed E-state index contributed by atoms with van der Waals surface area (Å²) in [6.07, 6.45) is 0. The van der Waals surface area contributed by atoms with Crippen LogP contribution in [-0.4, -0.2) is 17.1 Å². The summed E-state index contributed by atoms with van der Waals surface area (Å²) in [5.41, 5.74) is 0.619. The smallest absolute Gasteiger partial charge is 0.324 e. The minimum atomic E-state index is -0.881. The number of nitrogens with one attached hydrogen (secondary N) is 1. The lowest BCUT2D eigenvalue weighted by Gasteiger charge is -2.13. The Bertz CT molecular complexity index is 305. The van der Waals surface area contributed by atoms with Gasteiger partial charge in [-0.1, -0.05) is 18.2 Å². The van der Waals surface area contributed by atoms with Gasteiger partial charge in [0.25, 0.3) is 0 Å². The maximum absolute atomic E-state index is 10.8. The molecule has 0 aromatic carbocycles. The van der Waals surface area contributed by atoms with Gasteiger partial charge in [0.05, 0.1) is 0 Å². The zero-order valence-electron chi connectivity index (χ0n) is 7.99. The van der Waals surface area contributed by atoms with Crippen molar-refractivity contribution in [1.29, 1.82) is 0 Å². The van der Waals surface area contributed by atoms with E-state index in [-0.39, 0.29) is 0 Å². The molecule has 1 atom stereocenters. The fourth-order valence-electron chi connectivity index (χ4n) is 1.09. The molecule has 0 aliphatic heterocycles. The molecular weight excluding hydrogens is 198 g/mol. The van der Waals surface area contributed by atoms with Crippen LogP contribution >= 0.6 is 11.3 Å². The first-order valence-corrected chi connectivity index (χ1v) is 5.13. The molecule has 0 saturated carbocycles. The SMILES string of the molecule is C=C(C)C(NCc1cccs1)C(=O)O. The lowest BCUT2D eigenvalue weighted by molar-refractivity contribution is -0.138. The van der Waals surface area contributed by atoms with E-state index in [4.69, 9.17) is 5.11 Å². The van der Waals surface area contributed by atoms with Crippen molar-refractivity contribution >= 4 is 17.3 Å². The molecule has 0 saturated heterocycles. The normalized spacial score (nSPS) is 12.4.